The third kappa shape index (κ3) is 6.76. The number of carbonyl (C=O) groups is 1. The summed E-state index contributed by atoms with van der Waals surface area (Å²) in [7, 11) is 0. The van der Waals surface area contributed by atoms with Crippen LogP contribution in [0.5, 0.6) is 0 Å². The predicted octanol–water partition coefficient (Wildman–Crippen LogP) is 0.753. The highest BCUT2D eigenvalue weighted by molar-refractivity contribution is 5.82. The van der Waals surface area contributed by atoms with Crippen molar-refractivity contribution >= 4 is 11.9 Å². The van der Waals surface area contributed by atoms with Crippen molar-refractivity contribution in [2.24, 2.45) is 27.9 Å². The molecule has 5 N–H and O–H groups in total. The van der Waals surface area contributed by atoms with E-state index in [-0.39, 0.29) is 23.2 Å². The standard InChI is InChI=1S/C10H22N4O/c1-5-7(6-10(2,3)4)8(15)13-14-9(11)12/h7H,5-6H2,1-4H3,(H,13,15)(H4,11,12,14). The number of rotatable bonds is 4. The number of hydrogen-bond acceptors (Lipinski definition) is 2. The van der Waals surface area contributed by atoms with Crippen molar-refractivity contribution in [3.63, 3.8) is 0 Å². The van der Waals surface area contributed by atoms with E-state index in [4.69, 9.17) is 11.5 Å². The average molecular weight is 214 g/mol. The van der Waals surface area contributed by atoms with Crippen molar-refractivity contribution in [3.05, 3.63) is 0 Å². The van der Waals surface area contributed by atoms with Crippen LogP contribution in [0.25, 0.3) is 0 Å². The maximum absolute atomic E-state index is 11.6. The number of carbonyl (C=O) groups excluding carboxylic acids is 1. The van der Waals surface area contributed by atoms with Gasteiger partial charge in [-0.2, -0.15) is 0 Å². The molecule has 0 aromatic heterocycles. The van der Waals surface area contributed by atoms with E-state index in [9.17, 15) is 4.79 Å². The number of hydrogen-bond donors (Lipinski definition) is 3. The van der Waals surface area contributed by atoms with Crippen LogP contribution in [0.3, 0.4) is 0 Å². The summed E-state index contributed by atoms with van der Waals surface area (Å²) in [5.41, 5.74) is 12.7. The van der Waals surface area contributed by atoms with Gasteiger partial charge in [-0.1, -0.05) is 27.7 Å². The minimum absolute atomic E-state index is 0.0481. The molecule has 0 aliphatic rings. The maximum atomic E-state index is 11.6. The summed E-state index contributed by atoms with van der Waals surface area (Å²) in [6, 6.07) is 0. The molecule has 0 saturated carbocycles. The summed E-state index contributed by atoms with van der Waals surface area (Å²) in [6.07, 6.45) is 1.60. The lowest BCUT2D eigenvalue weighted by molar-refractivity contribution is -0.126. The molecule has 1 amide bonds. The van der Waals surface area contributed by atoms with Crippen LogP contribution in [0.1, 0.15) is 40.5 Å². The topological polar surface area (TPSA) is 93.5 Å². The normalized spacial score (nSPS) is 13.1. The Balaban J connectivity index is 4.29. The number of nitrogens with zero attached hydrogens (tertiary/aromatic N) is 1. The smallest absolute Gasteiger partial charge is 0.243 e. The second-order valence-corrected chi connectivity index (χ2v) is 4.88. The molecule has 1 atom stereocenters. The lowest BCUT2D eigenvalue weighted by Gasteiger charge is -2.23. The van der Waals surface area contributed by atoms with Crippen LogP contribution >= 0.6 is 0 Å². The Morgan fingerprint density at radius 1 is 1.40 bits per heavy atom. The van der Waals surface area contributed by atoms with Crippen LogP contribution in [0, 0.1) is 11.3 Å². The fourth-order valence-electron chi connectivity index (χ4n) is 1.37. The van der Waals surface area contributed by atoms with Crippen molar-refractivity contribution in [2.75, 3.05) is 0 Å². The van der Waals surface area contributed by atoms with E-state index in [2.05, 4.69) is 31.3 Å². The van der Waals surface area contributed by atoms with Gasteiger partial charge >= 0.3 is 0 Å². The van der Waals surface area contributed by atoms with Crippen molar-refractivity contribution in [3.8, 4) is 0 Å². The Kier molecular flexibility index (Phi) is 5.11. The van der Waals surface area contributed by atoms with E-state index in [1.807, 2.05) is 6.92 Å². The molecule has 0 fully saturated rings. The quantitative estimate of drug-likeness (QED) is 0.366. The van der Waals surface area contributed by atoms with E-state index in [0.717, 1.165) is 12.8 Å². The van der Waals surface area contributed by atoms with Gasteiger partial charge in [-0.3, -0.25) is 4.79 Å². The SMILES string of the molecule is CCC(CC(C)(C)C)C(=O)NN=C(N)N. The second-order valence-electron chi connectivity index (χ2n) is 4.88. The third-order valence-electron chi connectivity index (χ3n) is 2.02. The molecule has 1 unspecified atom stereocenters. The minimum Gasteiger partial charge on any atom is -0.369 e. The molecule has 0 spiro atoms. The zero-order chi connectivity index (χ0) is 12.1. The Hall–Kier alpha value is -1.26. The first-order valence-electron chi connectivity index (χ1n) is 5.14. The highest BCUT2D eigenvalue weighted by Crippen LogP contribution is 2.26. The summed E-state index contributed by atoms with van der Waals surface area (Å²) in [4.78, 5) is 11.6. The summed E-state index contributed by atoms with van der Waals surface area (Å²) in [6.45, 7) is 8.28. The molecule has 0 aromatic rings. The first-order chi connectivity index (χ1) is 6.76. The zero-order valence-electron chi connectivity index (χ0n) is 10.0. The maximum Gasteiger partial charge on any atom is 0.243 e. The largest absolute Gasteiger partial charge is 0.369 e. The van der Waals surface area contributed by atoms with E-state index in [1.165, 1.54) is 0 Å². The molecule has 15 heavy (non-hydrogen) atoms. The monoisotopic (exact) mass is 214 g/mol. The van der Waals surface area contributed by atoms with Crippen LogP contribution in [0.15, 0.2) is 5.10 Å². The zero-order valence-corrected chi connectivity index (χ0v) is 10.0. The van der Waals surface area contributed by atoms with E-state index < -0.39 is 0 Å². The van der Waals surface area contributed by atoms with E-state index in [0.29, 0.717) is 0 Å². The van der Waals surface area contributed by atoms with Crippen molar-refractivity contribution in [1.29, 1.82) is 0 Å². The molecule has 0 heterocycles. The van der Waals surface area contributed by atoms with Crippen LogP contribution in [0.4, 0.5) is 0 Å². The molecule has 5 nitrogen and oxygen atoms in total. The van der Waals surface area contributed by atoms with Gasteiger partial charge in [0.15, 0.2) is 0 Å². The number of hydrazone groups is 1. The summed E-state index contributed by atoms with van der Waals surface area (Å²) in [5.74, 6) is -0.303. The lowest BCUT2D eigenvalue weighted by atomic mass is 9.83. The molecule has 0 rings (SSSR count). The molecule has 0 aromatic carbocycles. The van der Waals surface area contributed by atoms with Gasteiger partial charge in [0, 0.05) is 5.92 Å². The second kappa shape index (κ2) is 5.58. The molecular weight excluding hydrogens is 192 g/mol. The predicted molar refractivity (Wildman–Crippen MR) is 61.8 cm³/mol. The molecule has 0 radical (unpaired) electrons. The van der Waals surface area contributed by atoms with Crippen LogP contribution < -0.4 is 16.9 Å². The van der Waals surface area contributed by atoms with Crippen molar-refractivity contribution in [1.82, 2.24) is 5.43 Å². The molecule has 0 aliphatic carbocycles. The van der Waals surface area contributed by atoms with Gasteiger partial charge in [0.05, 0.1) is 0 Å². The first-order valence-corrected chi connectivity index (χ1v) is 5.14. The van der Waals surface area contributed by atoms with E-state index in [1.54, 1.807) is 0 Å². The Bertz CT molecular complexity index is 238. The number of guanidine groups is 1. The van der Waals surface area contributed by atoms with Gasteiger partial charge in [-0.25, -0.2) is 5.43 Å². The summed E-state index contributed by atoms with van der Waals surface area (Å²) in [5, 5.41) is 3.50. The lowest BCUT2D eigenvalue weighted by Crippen LogP contribution is -2.33. The van der Waals surface area contributed by atoms with Gasteiger partial charge in [0.1, 0.15) is 0 Å². The van der Waals surface area contributed by atoms with Crippen LogP contribution in [0.2, 0.25) is 0 Å². The highest BCUT2D eigenvalue weighted by Gasteiger charge is 2.23. The summed E-state index contributed by atoms with van der Waals surface area (Å²) < 4.78 is 0. The Morgan fingerprint density at radius 2 is 1.93 bits per heavy atom. The van der Waals surface area contributed by atoms with Gasteiger partial charge in [0.25, 0.3) is 0 Å². The molecule has 0 saturated heterocycles. The summed E-state index contributed by atoms with van der Waals surface area (Å²) >= 11 is 0. The average Bonchev–Trinajstić information content (AvgIpc) is 2.08. The molecule has 0 bridgehead atoms. The molecule has 88 valence electrons. The van der Waals surface area contributed by atoms with Gasteiger partial charge in [0.2, 0.25) is 11.9 Å². The fraction of sp³-hybridized carbons (Fsp3) is 0.800. The Labute approximate surface area is 91.3 Å². The highest BCUT2D eigenvalue weighted by atomic mass is 16.2. The minimum atomic E-state index is -0.131. The van der Waals surface area contributed by atoms with Crippen LogP contribution in [-0.4, -0.2) is 11.9 Å². The van der Waals surface area contributed by atoms with Crippen molar-refractivity contribution < 1.29 is 4.79 Å². The van der Waals surface area contributed by atoms with Gasteiger partial charge in [-0.15, -0.1) is 5.10 Å². The number of nitrogens with two attached hydrogens (primary N) is 2. The Morgan fingerprint density at radius 3 is 2.27 bits per heavy atom. The van der Waals surface area contributed by atoms with Crippen LogP contribution in [-0.2, 0) is 4.79 Å². The third-order valence-corrected chi connectivity index (χ3v) is 2.02. The molecule has 0 aliphatic heterocycles. The first kappa shape index (κ1) is 13.7. The fourth-order valence-corrected chi connectivity index (χ4v) is 1.37. The van der Waals surface area contributed by atoms with E-state index >= 15 is 0 Å². The van der Waals surface area contributed by atoms with Gasteiger partial charge in [-0.05, 0) is 18.3 Å². The molecule has 5 heteroatoms. The molecular formula is C10H22N4O. The number of nitrogens with one attached hydrogen (secondary N) is 1. The van der Waals surface area contributed by atoms with Crippen molar-refractivity contribution in [2.45, 2.75) is 40.5 Å². The van der Waals surface area contributed by atoms with Gasteiger partial charge < -0.3 is 11.5 Å². The number of amides is 1.